The van der Waals surface area contributed by atoms with Crippen LogP contribution in [0.5, 0.6) is 0 Å². The quantitative estimate of drug-likeness (QED) is 0.527. The monoisotopic (exact) mass is 485 g/mol. The lowest BCUT2D eigenvalue weighted by molar-refractivity contribution is 0.0342. The molecule has 0 atom stereocenters. The van der Waals surface area contributed by atoms with Gasteiger partial charge in [-0.15, -0.1) is 0 Å². The van der Waals surface area contributed by atoms with Crippen molar-refractivity contribution >= 4 is 23.2 Å². The van der Waals surface area contributed by atoms with Crippen LogP contribution in [0.2, 0.25) is 5.02 Å². The van der Waals surface area contributed by atoms with Crippen molar-refractivity contribution in [3.05, 3.63) is 70.4 Å². The van der Waals surface area contributed by atoms with Crippen molar-refractivity contribution in [2.75, 3.05) is 49.6 Å². The molecular formula is C25H26ClF2N5O. The molecule has 2 aromatic carbocycles. The van der Waals surface area contributed by atoms with Crippen molar-refractivity contribution in [1.29, 1.82) is 0 Å². The largest absolute Gasteiger partial charge is 0.379 e. The zero-order chi connectivity index (χ0) is 23.5. The number of aromatic nitrogens is 2. The van der Waals surface area contributed by atoms with E-state index < -0.39 is 11.6 Å². The molecule has 2 aliphatic rings. The van der Waals surface area contributed by atoms with Crippen molar-refractivity contribution in [3.63, 3.8) is 0 Å². The molecule has 0 spiro atoms. The Kier molecular flexibility index (Phi) is 6.89. The summed E-state index contributed by atoms with van der Waals surface area (Å²) in [5, 5.41) is 3.10. The van der Waals surface area contributed by atoms with E-state index in [0.29, 0.717) is 24.7 Å². The molecule has 0 saturated carbocycles. The Hall–Kier alpha value is -2.81. The van der Waals surface area contributed by atoms with Gasteiger partial charge in [0.05, 0.1) is 30.1 Å². The summed E-state index contributed by atoms with van der Waals surface area (Å²) in [7, 11) is 0. The van der Waals surface area contributed by atoms with E-state index in [4.69, 9.17) is 21.3 Å². The molecule has 178 valence electrons. The number of rotatable bonds is 5. The molecular weight excluding hydrogens is 460 g/mol. The van der Waals surface area contributed by atoms with Crippen LogP contribution in [0.4, 0.5) is 20.4 Å². The van der Waals surface area contributed by atoms with Gasteiger partial charge in [0.15, 0.2) is 11.6 Å². The van der Waals surface area contributed by atoms with Crippen LogP contribution >= 0.6 is 11.6 Å². The highest BCUT2D eigenvalue weighted by Crippen LogP contribution is 2.32. The van der Waals surface area contributed by atoms with Crippen LogP contribution in [-0.2, 0) is 17.8 Å². The highest BCUT2D eigenvalue weighted by molar-refractivity contribution is 6.31. The van der Waals surface area contributed by atoms with Gasteiger partial charge in [0.1, 0.15) is 11.6 Å². The smallest absolute Gasteiger partial charge is 0.172 e. The molecule has 1 saturated heterocycles. The molecule has 3 heterocycles. The van der Waals surface area contributed by atoms with E-state index in [2.05, 4.69) is 27.3 Å². The molecule has 0 aliphatic carbocycles. The molecule has 0 unspecified atom stereocenters. The lowest BCUT2D eigenvalue weighted by Gasteiger charge is -2.26. The predicted molar refractivity (Wildman–Crippen MR) is 129 cm³/mol. The van der Waals surface area contributed by atoms with Crippen LogP contribution in [0, 0.1) is 11.6 Å². The number of hydrogen-bond acceptors (Lipinski definition) is 6. The van der Waals surface area contributed by atoms with Crippen LogP contribution < -0.4 is 10.2 Å². The fourth-order valence-corrected chi connectivity index (χ4v) is 4.56. The zero-order valence-electron chi connectivity index (χ0n) is 18.7. The summed E-state index contributed by atoms with van der Waals surface area (Å²) in [6.07, 6.45) is 2.55. The van der Waals surface area contributed by atoms with Gasteiger partial charge < -0.3 is 15.0 Å². The zero-order valence-corrected chi connectivity index (χ0v) is 19.5. The average molecular weight is 486 g/mol. The third-order valence-corrected chi connectivity index (χ3v) is 6.58. The minimum atomic E-state index is -0.636. The van der Waals surface area contributed by atoms with E-state index in [-0.39, 0.29) is 17.1 Å². The number of anilines is 2. The first-order valence-electron chi connectivity index (χ1n) is 11.5. The molecule has 2 aliphatic heterocycles. The molecule has 1 aromatic heterocycles. The number of benzene rings is 2. The number of fused-ring (bicyclic) bond motifs is 1. The van der Waals surface area contributed by atoms with Crippen LogP contribution in [0.1, 0.15) is 17.5 Å². The van der Waals surface area contributed by atoms with Crippen LogP contribution in [0.25, 0.3) is 11.3 Å². The molecule has 0 bridgehead atoms. The standard InChI is InChI=1S/C25H26ClF2N5O/c26-23-19(20(27)5-6-21(23)28)16-33-8-2-7-29-24-25(33)31-22(14-30-24)18-4-1-3-17(13-18)15-32-9-11-34-12-10-32/h1,3-6,13-14H,2,7-12,15-16H2,(H,29,30). The third-order valence-electron chi connectivity index (χ3n) is 6.17. The maximum absolute atomic E-state index is 14.5. The topological polar surface area (TPSA) is 53.5 Å². The van der Waals surface area contributed by atoms with Gasteiger partial charge in [0.2, 0.25) is 0 Å². The summed E-state index contributed by atoms with van der Waals surface area (Å²) in [6.45, 7) is 5.63. The minimum Gasteiger partial charge on any atom is -0.379 e. The molecule has 6 nitrogen and oxygen atoms in total. The maximum Gasteiger partial charge on any atom is 0.172 e. The second kappa shape index (κ2) is 10.2. The Morgan fingerprint density at radius 2 is 1.85 bits per heavy atom. The van der Waals surface area contributed by atoms with E-state index in [9.17, 15) is 8.78 Å². The highest BCUT2D eigenvalue weighted by Gasteiger charge is 2.23. The summed E-state index contributed by atoms with van der Waals surface area (Å²) in [5.41, 5.74) is 3.00. The highest BCUT2D eigenvalue weighted by atomic mass is 35.5. The van der Waals surface area contributed by atoms with Crippen LogP contribution in [-0.4, -0.2) is 54.3 Å². The molecule has 1 N–H and O–H groups in total. The maximum atomic E-state index is 14.5. The van der Waals surface area contributed by atoms with Gasteiger partial charge in [-0.25, -0.2) is 18.7 Å². The number of halogens is 3. The average Bonchev–Trinajstić information content (AvgIpc) is 3.06. The summed E-state index contributed by atoms with van der Waals surface area (Å²) in [6, 6.07) is 10.4. The second-order valence-corrected chi connectivity index (χ2v) is 8.92. The molecule has 9 heteroatoms. The molecule has 3 aromatic rings. The molecule has 1 fully saturated rings. The lowest BCUT2D eigenvalue weighted by atomic mass is 10.1. The number of hydrogen-bond donors (Lipinski definition) is 1. The van der Waals surface area contributed by atoms with Gasteiger partial charge in [-0.2, -0.15) is 0 Å². The molecule has 34 heavy (non-hydrogen) atoms. The SMILES string of the molecule is Fc1ccc(F)c(CN2CCCNc3ncc(-c4cccc(CN5CCOCC5)c4)nc32)c1Cl. The van der Waals surface area contributed by atoms with E-state index in [1.807, 2.05) is 17.0 Å². The summed E-state index contributed by atoms with van der Waals surface area (Å²) < 4.78 is 34.0. The Labute approximate surface area is 202 Å². The van der Waals surface area contributed by atoms with Crippen molar-refractivity contribution in [1.82, 2.24) is 14.9 Å². The Morgan fingerprint density at radius 1 is 1.03 bits per heavy atom. The molecule has 0 radical (unpaired) electrons. The van der Waals surface area contributed by atoms with Gasteiger partial charge in [-0.1, -0.05) is 29.8 Å². The van der Waals surface area contributed by atoms with Gasteiger partial charge in [-0.3, -0.25) is 4.90 Å². The Morgan fingerprint density at radius 3 is 2.71 bits per heavy atom. The van der Waals surface area contributed by atoms with E-state index in [1.165, 1.54) is 5.56 Å². The Balaban J connectivity index is 1.44. The van der Waals surface area contributed by atoms with Crippen molar-refractivity contribution in [2.24, 2.45) is 0 Å². The Bertz CT molecular complexity index is 1170. The summed E-state index contributed by atoms with van der Waals surface area (Å²) in [5.74, 6) is 0.0557. The van der Waals surface area contributed by atoms with Gasteiger partial charge >= 0.3 is 0 Å². The fraction of sp³-hybridized carbons (Fsp3) is 0.360. The number of nitrogens with one attached hydrogen (secondary N) is 1. The summed E-state index contributed by atoms with van der Waals surface area (Å²) >= 11 is 6.11. The normalized spacial score (nSPS) is 16.6. The summed E-state index contributed by atoms with van der Waals surface area (Å²) in [4.78, 5) is 13.8. The van der Waals surface area contributed by atoms with Crippen molar-refractivity contribution < 1.29 is 13.5 Å². The van der Waals surface area contributed by atoms with Crippen LogP contribution in [0.3, 0.4) is 0 Å². The first kappa shape index (κ1) is 23.0. The fourth-order valence-electron chi connectivity index (χ4n) is 4.35. The molecule has 0 amide bonds. The predicted octanol–water partition coefficient (Wildman–Crippen LogP) is 4.73. The third kappa shape index (κ3) is 4.99. The van der Waals surface area contributed by atoms with E-state index >= 15 is 0 Å². The lowest BCUT2D eigenvalue weighted by Crippen LogP contribution is -2.35. The van der Waals surface area contributed by atoms with E-state index in [0.717, 1.165) is 62.7 Å². The minimum absolute atomic E-state index is 0.103. The number of ether oxygens (including phenoxy) is 1. The van der Waals surface area contributed by atoms with Gasteiger partial charge in [0.25, 0.3) is 0 Å². The first-order valence-corrected chi connectivity index (χ1v) is 11.8. The van der Waals surface area contributed by atoms with Gasteiger partial charge in [0, 0.05) is 50.4 Å². The van der Waals surface area contributed by atoms with Gasteiger partial charge in [-0.05, 0) is 30.2 Å². The van der Waals surface area contributed by atoms with Crippen molar-refractivity contribution in [3.8, 4) is 11.3 Å². The van der Waals surface area contributed by atoms with Crippen LogP contribution in [0.15, 0.2) is 42.6 Å². The number of nitrogens with zero attached hydrogens (tertiary/aromatic N) is 4. The number of morpholine rings is 1. The molecule has 5 rings (SSSR count). The first-order chi connectivity index (χ1) is 16.6. The second-order valence-electron chi connectivity index (χ2n) is 8.54. The van der Waals surface area contributed by atoms with Crippen molar-refractivity contribution in [2.45, 2.75) is 19.5 Å². The van der Waals surface area contributed by atoms with E-state index in [1.54, 1.807) is 6.20 Å².